The van der Waals surface area contributed by atoms with Gasteiger partial charge in [-0.05, 0) is 18.2 Å². The highest BCUT2D eigenvalue weighted by atomic mass is 19.4. The van der Waals surface area contributed by atoms with Gasteiger partial charge in [-0.25, -0.2) is 0 Å². The molecule has 0 aliphatic rings. The second-order valence-electron chi connectivity index (χ2n) is 3.28. The zero-order valence-electron chi connectivity index (χ0n) is 8.67. The molecule has 88 valence electrons. The largest absolute Gasteiger partial charge is 0.390 e. The van der Waals surface area contributed by atoms with Crippen molar-refractivity contribution in [2.24, 2.45) is 0 Å². The fourth-order valence-corrected chi connectivity index (χ4v) is 1.19. The van der Waals surface area contributed by atoms with Gasteiger partial charge in [-0.15, -0.1) is 0 Å². The molecule has 0 radical (unpaired) electrons. The van der Waals surface area contributed by atoms with E-state index in [0.717, 1.165) is 0 Å². The number of alkyl halides is 3. The van der Waals surface area contributed by atoms with Crippen LogP contribution in [-0.2, 0) is 0 Å². The Morgan fingerprint density at radius 3 is 2.29 bits per heavy atom. The van der Waals surface area contributed by atoms with E-state index in [9.17, 15) is 13.2 Å². The molecule has 6 heteroatoms. The lowest BCUT2D eigenvalue weighted by atomic mass is 10.1. The Kier molecular flexibility index (Phi) is 3.95. The van der Waals surface area contributed by atoms with Crippen LogP contribution in [0.5, 0.6) is 0 Å². The highest BCUT2D eigenvalue weighted by molar-refractivity contribution is 5.56. The predicted molar refractivity (Wildman–Crippen MR) is 55.0 cm³/mol. The number of halogens is 3. The highest BCUT2D eigenvalue weighted by Gasteiger charge is 2.26. The Bertz CT molecular complexity index is 480. The molecule has 3 nitrogen and oxygen atoms in total. The van der Waals surface area contributed by atoms with Gasteiger partial charge in [-0.3, -0.25) is 0 Å². The third-order valence-electron chi connectivity index (χ3n) is 2.00. The molecule has 0 heterocycles. The number of nitrogens with one attached hydrogen (secondary N) is 1. The van der Waals surface area contributed by atoms with Crippen LogP contribution in [0.1, 0.15) is 17.5 Å². The van der Waals surface area contributed by atoms with Crippen molar-refractivity contribution in [3.63, 3.8) is 0 Å². The first-order valence-electron chi connectivity index (χ1n) is 4.71. The van der Waals surface area contributed by atoms with Crippen molar-refractivity contribution >= 4 is 5.69 Å². The van der Waals surface area contributed by atoms with Crippen LogP contribution in [-0.4, -0.2) is 12.7 Å². The average Bonchev–Trinajstić information content (AvgIpc) is 2.27. The fourth-order valence-electron chi connectivity index (χ4n) is 1.19. The monoisotopic (exact) mass is 239 g/mol. The third kappa shape index (κ3) is 4.04. The molecule has 0 aliphatic heterocycles. The number of nitrogens with zero attached hydrogens (tertiary/aromatic N) is 2. The van der Waals surface area contributed by atoms with Gasteiger partial charge in [0.2, 0.25) is 0 Å². The van der Waals surface area contributed by atoms with E-state index in [4.69, 9.17) is 10.5 Å². The smallest absolute Gasteiger partial charge is 0.385 e. The van der Waals surface area contributed by atoms with Crippen molar-refractivity contribution in [1.29, 1.82) is 10.5 Å². The highest BCUT2D eigenvalue weighted by Crippen LogP contribution is 2.20. The Labute approximate surface area is 96.1 Å². The molecule has 1 rings (SSSR count). The summed E-state index contributed by atoms with van der Waals surface area (Å²) in [5, 5.41) is 19.9. The summed E-state index contributed by atoms with van der Waals surface area (Å²) in [5.74, 6) is 0. The molecule has 0 bridgehead atoms. The number of hydrogen-bond acceptors (Lipinski definition) is 3. The van der Waals surface area contributed by atoms with Crippen LogP contribution in [0.25, 0.3) is 0 Å². The number of anilines is 1. The van der Waals surface area contributed by atoms with Gasteiger partial charge in [0.05, 0.1) is 17.5 Å². The quantitative estimate of drug-likeness (QED) is 0.882. The van der Waals surface area contributed by atoms with Crippen LogP contribution >= 0.6 is 0 Å². The molecular weight excluding hydrogens is 231 g/mol. The Hall–Kier alpha value is -2.21. The zero-order valence-corrected chi connectivity index (χ0v) is 8.67. The van der Waals surface area contributed by atoms with E-state index < -0.39 is 12.6 Å². The van der Waals surface area contributed by atoms with Crippen LogP contribution in [0.2, 0.25) is 0 Å². The Morgan fingerprint density at radius 1 is 1.12 bits per heavy atom. The molecule has 0 saturated carbocycles. The molecule has 0 fully saturated rings. The first kappa shape index (κ1) is 12.9. The number of rotatable bonds is 3. The molecule has 0 spiro atoms. The van der Waals surface area contributed by atoms with Crippen molar-refractivity contribution < 1.29 is 13.2 Å². The number of benzene rings is 1. The predicted octanol–water partition coefficient (Wildman–Crippen LogP) is 2.79. The van der Waals surface area contributed by atoms with Crippen molar-refractivity contribution in [2.75, 3.05) is 11.9 Å². The van der Waals surface area contributed by atoms with Gasteiger partial charge >= 0.3 is 6.18 Å². The zero-order chi connectivity index (χ0) is 12.9. The molecule has 17 heavy (non-hydrogen) atoms. The van der Waals surface area contributed by atoms with Crippen molar-refractivity contribution in [1.82, 2.24) is 0 Å². The van der Waals surface area contributed by atoms with E-state index in [0.29, 0.717) is 5.69 Å². The van der Waals surface area contributed by atoms with Crippen LogP contribution in [0.3, 0.4) is 0 Å². The lowest BCUT2D eigenvalue weighted by Gasteiger charge is -2.09. The summed E-state index contributed by atoms with van der Waals surface area (Å²) in [6, 6.07) is 7.85. The van der Waals surface area contributed by atoms with E-state index >= 15 is 0 Å². The SMILES string of the molecule is N#Cc1ccc(NCCC(F)(F)F)cc1C#N. The van der Waals surface area contributed by atoms with Crippen LogP contribution in [0, 0.1) is 22.7 Å². The topological polar surface area (TPSA) is 59.6 Å². The van der Waals surface area contributed by atoms with Gasteiger partial charge in [-0.2, -0.15) is 23.7 Å². The minimum Gasteiger partial charge on any atom is -0.385 e. The summed E-state index contributed by atoms with van der Waals surface area (Å²) < 4.78 is 35.7. The standard InChI is InChI=1S/C11H8F3N3/c12-11(13,14)3-4-17-10-2-1-8(6-15)9(5-10)7-16/h1-2,5,17H,3-4H2. The maximum atomic E-state index is 11.9. The van der Waals surface area contributed by atoms with Gasteiger partial charge < -0.3 is 5.32 Å². The lowest BCUT2D eigenvalue weighted by Crippen LogP contribution is -2.14. The van der Waals surface area contributed by atoms with Crippen molar-refractivity contribution in [3.05, 3.63) is 29.3 Å². The van der Waals surface area contributed by atoms with Gasteiger partial charge in [0.15, 0.2) is 0 Å². The van der Waals surface area contributed by atoms with E-state index in [1.54, 1.807) is 0 Å². The molecule has 1 aromatic carbocycles. The molecule has 0 aromatic heterocycles. The first-order chi connectivity index (χ1) is 7.96. The summed E-state index contributed by atoms with van der Waals surface area (Å²) in [7, 11) is 0. The summed E-state index contributed by atoms with van der Waals surface area (Å²) >= 11 is 0. The van der Waals surface area contributed by atoms with Gasteiger partial charge in [0, 0.05) is 12.2 Å². The maximum Gasteiger partial charge on any atom is 0.390 e. The Morgan fingerprint density at radius 2 is 1.76 bits per heavy atom. The fraction of sp³-hybridized carbons (Fsp3) is 0.273. The number of hydrogen-bond donors (Lipinski definition) is 1. The molecule has 1 aromatic rings. The molecule has 0 amide bonds. The van der Waals surface area contributed by atoms with Crippen LogP contribution < -0.4 is 5.32 Å². The van der Waals surface area contributed by atoms with Gasteiger partial charge in [0.25, 0.3) is 0 Å². The summed E-state index contributed by atoms with van der Waals surface area (Å²) in [6.45, 7) is -0.264. The van der Waals surface area contributed by atoms with E-state index in [1.807, 2.05) is 12.1 Å². The van der Waals surface area contributed by atoms with Crippen molar-refractivity contribution in [2.45, 2.75) is 12.6 Å². The first-order valence-corrected chi connectivity index (χ1v) is 4.71. The van der Waals surface area contributed by atoms with E-state index in [1.165, 1.54) is 18.2 Å². The summed E-state index contributed by atoms with van der Waals surface area (Å²) in [4.78, 5) is 0. The minimum absolute atomic E-state index is 0.143. The van der Waals surface area contributed by atoms with Gasteiger partial charge in [-0.1, -0.05) is 0 Å². The molecule has 0 aliphatic carbocycles. The molecule has 0 atom stereocenters. The normalized spacial score (nSPS) is 10.4. The molecular formula is C11H8F3N3. The Balaban J connectivity index is 2.69. The summed E-state index contributed by atoms with van der Waals surface area (Å²) in [5.41, 5.74) is 0.739. The maximum absolute atomic E-state index is 11.9. The molecule has 0 unspecified atom stereocenters. The van der Waals surface area contributed by atoms with Crippen molar-refractivity contribution in [3.8, 4) is 12.1 Å². The van der Waals surface area contributed by atoms with E-state index in [2.05, 4.69) is 5.32 Å². The second kappa shape index (κ2) is 5.22. The lowest BCUT2D eigenvalue weighted by molar-refractivity contribution is -0.131. The van der Waals surface area contributed by atoms with Crippen LogP contribution in [0.15, 0.2) is 18.2 Å². The number of nitriles is 2. The van der Waals surface area contributed by atoms with E-state index in [-0.39, 0.29) is 17.7 Å². The third-order valence-corrected chi connectivity index (χ3v) is 2.00. The summed E-state index contributed by atoms with van der Waals surface area (Å²) in [6.07, 6.45) is -5.16. The molecule has 1 N–H and O–H groups in total. The molecule has 0 saturated heterocycles. The minimum atomic E-state index is -4.21. The average molecular weight is 239 g/mol. The second-order valence-corrected chi connectivity index (χ2v) is 3.28. The van der Waals surface area contributed by atoms with Gasteiger partial charge in [0.1, 0.15) is 12.1 Å². The van der Waals surface area contributed by atoms with Crippen LogP contribution in [0.4, 0.5) is 18.9 Å².